The number of aromatic nitrogens is 2. The minimum Gasteiger partial charge on any atom is -0.380 e. The standard InChI is InChI=1S/C13H15N3O2/c1-18-9-11-5-3-2-4-10(11)8-16-12-13(17)15-7-6-14-12/h2-7H,8-9H2,1H3,(H,14,16)(H,15,17). The number of nitrogens with one attached hydrogen (secondary N) is 2. The first-order chi connectivity index (χ1) is 8.81. The molecule has 0 aliphatic carbocycles. The lowest BCUT2D eigenvalue weighted by Crippen LogP contribution is -2.15. The van der Waals surface area contributed by atoms with Crippen LogP contribution in [0.5, 0.6) is 0 Å². The van der Waals surface area contributed by atoms with Crippen LogP contribution in [0.2, 0.25) is 0 Å². The molecule has 1 aromatic carbocycles. The molecule has 94 valence electrons. The predicted molar refractivity (Wildman–Crippen MR) is 69.3 cm³/mol. The third kappa shape index (κ3) is 2.95. The molecule has 0 amide bonds. The molecule has 2 N–H and O–H groups in total. The van der Waals surface area contributed by atoms with Gasteiger partial charge in [0.15, 0.2) is 5.82 Å². The maximum atomic E-state index is 11.4. The summed E-state index contributed by atoms with van der Waals surface area (Å²) in [5.41, 5.74) is 1.96. The van der Waals surface area contributed by atoms with Gasteiger partial charge in [0, 0.05) is 26.0 Å². The van der Waals surface area contributed by atoms with Crippen LogP contribution in [0.25, 0.3) is 0 Å². The SMILES string of the molecule is COCc1ccccc1CNc1ncc[nH]c1=O. The van der Waals surface area contributed by atoms with Crippen LogP contribution in [0, 0.1) is 0 Å². The number of nitrogens with zero attached hydrogens (tertiary/aromatic N) is 1. The number of hydrogen-bond acceptors (Lipinski definition) is 4. The molecular weight excluding hydrogens is 230 g/mol. The predicted octanol–water partition coefficient (Wildman–Crippen LogP) is 1.53. The van der Waals surface area contributed by atoms with E-state index in [0.29, 0.717) is 19.0 Å². The summed E-state index contributed by atoms with van der Waals surface area (Å²) in [6, 6.07) is 7.92. The molecule has 0 saturated carbocycles. The van der Waals surface area contributed by atoms with Crippen LogP contribution in [0.15, 0.2) is 41.5 Å². The average Bonchev–Trinajstić information content (AvgIpc) is 2.40. The fourth-order valence-corrected chi connectivity index (χ4v) is 1.68. The smallest absolute Gasteiger partial charge is 0.290 e. The van der Waals surface area contributed by atoms with E-state index in [9.17, 15) is 4.79 Å². The number of aromatic amines is 1. The zero-order valence-electron chi connectivity index (χ0n) is 10.1. The summed E-state index contributed by atoms with van der Waals surface area (Å²) in [7, 11) is 1.66. The summed E-state index contributed by atoms with van der Waals surface area (Å²) >= 11 is 0. The molecule has 0 atom stereocenters. The van der Waals surface area contributed by atoms with Crippen LogP contribution in [-0.4, -0.2) is 17.1 Å². The van der Waals surface area contributed by atoms with E-state index in [-0.39, 0.29) is 5.56 Å². The molecule has 5 nitrogen and oxygen atoms in total. The maximum absolute atomic E-state index is 11.4. The van der Waals surface area contributed by atoms with E-state index in [1.165, 1.54) is 6.20 Å². The largest absolute Gasteiger partial charge is 0.380 e. The Morgan fingerprint density at radius 3 is 2.83 bits per heavy atom. The maximum Gasteiger partial charge on any atom is 0.290 e. The molecule has 0 aliphatic heterocycles. The number of methoxy groups -OCH3 is 1. The molecule has 0 spiro atoms. The fraction of sp³-hybridized carbons (Fsp3) is 0.231. The zero-order valence-corrected chi connectivity index (χ0v) is 10.1. The second kappa shape index (κ2) is 5.97. The van der Waals surface area contributed by atoms with Crippen LogP contribution < -0.4 is 10.9 Å². The third-order valence-electron chi connectivity index (χ3n) is 2.57. The van der Waals surface area contributed by atoms with Gasteiger partial charge < -0.3 is 15.0 Å². The molecule has 0 saturated heterocycles. The Bertz CT molecular complexity index is 566. The van der Waals surface area contributed by atoms with Gasteiger partial charge in [-0.25, -0.2) is 4.98 Å². The molecule has 0 radical (unpaired) electrons. The Labute approximate surface area is 105 Å². The van der Waals surface area contributed by atoms with Gasteiger partial charge in [-0.05, 0) is 11.1 Å². The molecular formula is C13H15N3O2. The summed E-state index contributed by atoms with van der Waals surface area (Å²) < 4.78 is 5.13. The Morgan fingerprint density at radius 1 is 1.33 bits per heavy atom. The van der Waals surface area contributed by atoms with Gasteiger partial charge in [0.1, 0.15) is 0 Å². The summed E-state index contributed by atoms with van der Waals surface area (Å²) in [5, 5.41) is 3.02. The van der Waals surface area contributed by atoms with Crippen LogP contribution in [0.1, 0.15) is 11.1 Å². The van der Waals surface area contributed by atoms with E-state index < -0.39 is 0 Å². The zero-order chi connectivity index (χ0) is 12.8. The van der Waals surface area contributed by atoms with E-state index in [1.807, 2.05) is 24.3 Å². The number of rotatable bonds is 5. The van der Waals surface area contributed by atoms with Crippen LogP contribution in [-0.2, 0) is 17.9 Å². The fourth-order valence-electron chi connectivity index (χ4n) is 1.68. The highest BCUT2D eigenvalue weighted by molar-refractivity contribution is 5.35. The molecule has 2 aromatic rings. The first-order valence-electron chi connectivity index (χ1n) is 5.64. The van der Waals surface area contributed by atoms with Crippen molar-refractivity contribution in [3.63, 3.8) is 0 Å². The van der Waals surface area contributed by atoms with Gasteiger partial charge in [0.05, 0.1) is 6.61 Å². The summed E-state index contributed by atoms with van der Waals surface area (Å²) in [5.74, 6) is 0.324. The van der Waals surface area contributed by atoms with Crippen molar-refractivity contribution in [2.24, 2.45) is 0 Å². The van der Waals surface area contributed by atoms with Gasteiger partial charge in [-0.15, -0.1) is 0 Å². The summed E-state index contributed by atoms with van der Waals surface area (Å²) in [4.78, 5) is 18.0. The molecule has 2 rings (SSSR count). The van der Waals surface area contributed by atoms with Crippen molar-refractivity contribution in [1.29, 1.82) is 0 Å². The minimum absolute atomic E-state index is 0.221. The molecule has 0 aliphatic rings. The van der Waals surface area contributed by atoms with Gasteiger partial charge in [0.25, 0.3) is 5.56 Å². The number of H-pyrrole nitrogens is 1. The molecule has 0 bridgehead atoms. The highest BCUT2D eigenvalue weighted by atomic mass is 16.5. The molecule has 1 heterocycles. The number of ether oxygens (including phenoxy) is 1. The van der Waals surface area contributed by atoms with E-state index in [4.69, 9.17) is 4.74 Å². The average molecular weight is 245 g/mol. The van der Waals surface area contributed by atoms with Gasteiger partial charge in [-0.2, -0.15) is 0 Å². The van der Waals surface area contributed by atoms with Gasteiger partial charge in [0.2, 0.25) is 0 Å². The summed E-state index contributed by atoms with van der Waals surface area (Å²) in [6.45, 7) is 1.09. The Hall–Kier alpha value is -2.14. The third-order valence-corrected chi connectivity index (χ3v) is 2.57. The van der Waals surface area contributed by atoms with E-state index in [0.717, 1.165) is 11.1 Å². The lowest BCUT2D eigenvalue weighted by Gasteiger charge is -2.09. The number of anilines is 1. The molecule has 0 fully saturated rings. The lowest BCUT2D eigenvalue weighted by molar-refractivity contribution is 0.184. The topological polar surface area (TPSA) is 67.0 Å². The Kier molecular flexibility index (Phi) is 4.09. The quantitative estimate of drug-likeness (QED) is 0.838. The van der Waals surface area contributed by atoms with Gasteiger partial charge in [-0.3, -0.25) is 4.79 Å². The van der Waals surface area contributed by atoms with Crippen LogP contribution in [0.3, 0.4) is 0 Å². The monoisotopic (exact) mass is 245 g/mol. The first kappa shape index (κ1) is 12.3. The van der Waals surface area contributed by atoms with E-state index in [2.05, 4.69) is 15.3 Å². The normalized spacial score (nSPS) is 10.3. The second-order valence-corrected chi connectivity index (χ2v) is 3.82. The van der Waals surface area contributed by atoms with E-state index in [1.54, 1.807) is 13.3 Å². The molecule has 5 heteroatoms. The highest BCUT2D eigenvalue weighted by Gasteiger charge is 2.03. The molecule has 0 unspecified atom stereocenters. The Balaban J connectivity index is 2.11. The molecule has 18 heavy (non-hydrogen) atoms. The lowest BCUT2D eigenvalue weighted by atomic mass is 10.1. The van der Waals surface area contributed by atoms with Crippen molar-refractivity contribution < 1.29 is 4.74 Å². The van der Waals surface area contributed by atoms with Crippen molar-refractivity contribution in [2.75, 3.05) is 12.4 Å². The van der Waals surface area contributed by atoms with Crippen molar-refractivity contribution >= 4 is 5.82 Å². The van der Waals surface area contributed by atoms with E-state index >= 15 is 0 Å². The van der Waals surface area contributed by atoms with Crippen molar-refractivity contribution in [2.45, 2.75) is 13.2 Å². The first-order valence-corrected chi connectivity index (χ1v) is 5.64. The Morgan fingerprint density at radius 2 is 2.11 bits per heavy atom. The number of benzene rings is 1. The van der Waals surface area contributed by atoms with Crippen molar-refractivity contribution in [3.05, 3.63) is 58.1 Å². The van der Waals surface area contributed by atoms with Gasteiger partial charge in [-0.1, -0.05) is 24.3 Å². The van der Waals surface area contributed by atoms with Crippen molar-refractivity contribution in [1.82, 2.24) is 9.97 Å². The molecule has 1 aromatic heterocycles. The summed E-state index contributed by atoms with van der Waals surface area (Å²) in [6.07, 6.45) is 3.05. The van der Waals surface area contributed by atoms with Crippen LogP contribution >= 0.6 is 0 Å². The van der Waals surface area contributed by atoms with Crippen molar-refractivity contribution in [3.8, 4) is 0 Å². The van der Waals surface area contributed by atoms with Crippen LogP contribution in [0.4, 0.5) is 5.82 Å². The highest BCUT2D eigenvalue weighted by Crippen LogP contribution is 2.10. The minimum atomic E-state index is -0.221. The second-order valence-electron chi connectivity index (χ2n) is 3.82. The number of hydrogen-bond donors (Lipinski definition) is 2. The van der Waals surface area contributed by atoms with Gasteiger partial charge >= 0.3 is 0 Å².